The molecule has 0 unspecified atom stereocenters. The van der Waals surface area contributed by atoms with Gasteiger partial charge in [-0.05, 0) is 61.7 Å². The van der Waals surface area contributed by atoms with Crippen LogP contribution in [0.1, 0.15) is 25.3 Å². The number of amides is 2. The molecule has 1 aromatic heterocycles. The van der Waals surface area contributed by atoms with Crippen molar-refractivity contribution >= 4 is 28.6 Å². The number of likely N-dealkylation sites (tertiary alicyclic amines) is 1. The van der Waals surface area contributed by atoms with E-state index in [1.54, 1.807) is 23.0 Å². The summed E-state index contributed by atoms with van der Waals surface area (Å²) < 4.78 is 7.38. The van der Waals surface area contributed by atoms with Gasteiger partial charge in [0.05, 0.1) is 23.1 Å². The number of imidazole rings is 1. The maximum atomic E-state index is 12.3. The van der Waals surface area contributed by atoms with Gasteiger partial charge in [-0.1, -0.05) is 12.1 Å². The van der Waals surface area contributed by atoms with Crippen LogP contribution in [0.5, 0.6) is 5.75 Å². The SMILES string of the molecule is C/C(=N/NC(=O)Cn1cnc2ccccc21)c1ccc(OCC(=O)N2CCCC2)cc1. The number of ether oxygens (including phenoxy) is 1. The van der Waals surface area contributed by atoms with Gasteiger partial charge < -0.3 is 14.2 Å². The van der Waals surface area contributed by atoms with E-state index in [0.717, 1.165) is 42.5 Å². The molecule has 160 valence electrons. The van der Waals surface area contributed by atoms with E-state index < -0.39 is 0 Å². The Labute approximate surface area is 180 Å². The predicted molar refractivity (Wildman–Crippen MR) is 118 cm³/mol. The number of fused-ring (bicyclic) bond motifs is 1. The number of hydrazone groups is 1. The Hall–Kier alpha value is -3.68. The Balaban J connectivity index is 1.29. The largest absolute Gasteiger partial charge is 0.484 e. The molecule has 0 spiro atoms. The number of carbonyl (C=O) groups is 2. The summed E-state index contributed by atoms with van der Waals surface area (Å²) in [7, 11) is 0. The van der Waals surface area contributed by atoms with E-state index in [9.17, 15) is 9.59 Å². The second-order valence-electron chi connectivity index (χ2n) is 7.49. The molecule has 2 aromatic carbocycles. The first-order valence-electron chi connectivity index (χ1n) is 10.3. The second kappa shape index (κ2) is 9.42. The third-order valence-electron chi connectivity index (χ3n) is 5.28. The molecular formula is C23H25N5O3. The van der Waals surface area contributed by atoms with E-state index in [0.29, 0.717) is 11.5 Å². The molecule has 1 N–H and O–H groups in total. The summed E-state index contributed by atoms with van der Waals surface area (Å²) in [5.41, 5.74) is 5.86. The fraction of sp³-hybridized carbons (Fsp3) is 0.304. The Kier molecular flexibility index (Phi) is 6.26. The number of carbonyl (C=O) groups excluding carboxylic acids is 2. The van der Waals surface area contributed by atoms with Crippen molar-refractivity contribution in [3.05, 3.63) is 60.4 Å². The molecule has 0 radical (unpaired) electrons. The van der Waals surface area contributed by atoms with Crippen LogP contribution in [0.15, 0.2) is 60.0 Å². The van der Waals surface area contributed by atoms with Gasteiger partial charge in [0.1, 0.15) is 12.3 Å². The molecule has 31 heavy (non-hydrogen) atoms. The van der Waals surface area contributed by atoms with Gasteiger partial charge in [-0.2, -0.15) is 5.10 Å². The third-order valence-corrected chi connectivity index (χ3v) is 5.28. The maximum absolute atomic E-state index is 12.3. The van der Waals surface area contributed by atoms with E-state index >= 15 is 0 Å². The first-order valence-corrected chi connectivity index (χ1v) is 10.3. The zero-order valence-electron chi connectivity index (χ0n) is 17.5. The zero-order valence-corrected chi connectivity index (χ0v) is 17.5. The van der Waals surface area contributed by atoms with Gasteiger partial charge in [-0.3, -0.25) is 9.59 Å². The van der Waals surface area contributed by atoms with Crippen LogP contribution in [0.3, 0.4) is 0 Å². The van der Waals surface area contributed by atoms with Crippen molar-refractivity contribution in [2.75, 3.05) is 19.7 Å². The summed E-state index contributed by atoms with van der Waals surface area (Å²) in [4.78, 5) is 30.5. The first-order chi connectivity index (χ1) is 15.1. The lowest BCUT2D eigenvalue weighted by molar-refractivity contribution is -0.132. The molecule has 1 fully saturated rings. The van der Waals surface area contributed by atoms with E-state index in [2.05, 4.69) is 15.5 Å². The summed E-state index contributed by atoms with van der Waals surface area (Å²) in [6.45, 7) is 3.64. The summed E-state index contributed by atoms with van der Waals surface area (Å²) in [6.07, 6.45) is 3.77. The molecule has 0 aliphatic carbocycles. The lowest BCUT2D eigenvalue weighted by Gasteiger charge is -2.15. The number of benzene rings is 2. The van der Waals surface area contributed by atoms with Gasteiger partial charge in [0.2, 0.25) is 0 Å². The third kappa shape index (κ3) is 5.09. The highest BCUT2D eigenvalue weighted by molar-refractivity contribution is 5.99. The maximum Gasteiger partial charge on any atom is 0.260 e. The van der Waals surface area contributed by atoms with Gasteiger partial charge in [0, 0.05) is 13.1 Å². The molecule has 8 nitrogen and oxygen atoms in total. The molecule has 2 heterocycles. The summed E-state index contributed by atoms with van der Waals surface area (Å²) in [5, 5.41) is 4.19. The molecule has 3 aromatic rings. The molecule has 0 atom stereocenters. The number of nitrogens with one attached hydrogen (secondary N) is 1. The Morgan fingerprint density at radius 2 is 1.84 bits per heavy atom. The standard InChI is InChI=1S/C23H25N5O3/c1-17(25-26-22(29)14-28-16-24-20-6-2-3-7-21(20)28)18-8-10-19(11-9-18)31-15-23(30)27-12-4-5-13-27/h2-3,6-11,16H,4-5,12-15H2,1H3,(H,26,29)/b25-17-. The molecule has 1 aliphatic rings. The number of rotatable bonds is 7. The lowest BCUT2D eigenvalue weighted by atomic mass is 10.1. The minimum atomic E-state index is -0.233. The van der Waals surface area contributed by atoms with Crippen molar-refractivity contribution in [2.45, 2.75) is 26.3 Å². The van der Waals surface area contributed by atoms with Gasteiger partial charge in [0.15, 0.2) is 6.61 Å². The average Bonchev–Trinajstić information content (AvgIpc) is 3.47. The van der Waals surface area contributed by atoms with Crippen molar-refractivity contribution < 1.29 is 14.3 Å². The fourth-order valence-electron chi connectivity index (χ4n) is 3.53. The van der Waals surface area contributed by atoms with E-state index in [-0.39, 0.29) is 25.0 Å². The molecule has 2 amide bonds. The number of nitrogens with zero attached hydrogens (tertiary/aromatic N) is 4. The van der Waals surface area contributed by atoms with Crippen molar-refractivity contribution in [1.82, 2.24) is 19.9 Å². The normalized spacial score (nSPS) is 14.1. The summed E-state index contributed by atoms with van der Waals surface area (Å²) in [6, 6.07) is 14.9. The Morgan fingerprint density at radius 3 is 2.61 bits per heavy atom. The quantitative estimate of drug-likeness (QED) is 0.471. The monoisotopic (exact) mass is 419 g/mol. The second-order valence-corrected chi connectivity index (χ2v) is 7.49. The van der Waals surface area contributed by atoms with Crippen molar-refractivity contribution in [3.8, 4) is 5.75 Å². The highest BCUT2D eigenvalue weighted by Gasteiger charge is 2.18. The number of aromatic nitrogens is 2. The van der Waals surface area contributed by atoms with Crippen molar-refractivity contribution in [3.63, 3.8) is 0 Å². The van der Waals surface area contributed by atoms with Crippen molar-refractivity contribution in [2.24, 2.45) is 5.10 Å². The predicted octanol–water partition coefficient (Wildman–Crippen LogP) is 2.58. The van der Waals surface area contributed by atoms with Crippen molar-refractivity contribution in [1.29, 1.82) is 0 Å². The molecule has 4 rings (SSSR count). The van der Waals surface area contributed by atoms with Crippen LogP contribution in [0.4, 0.5) is 0 Å². The highest BCUT2D eigenvalue weighted by Crippen LogP contribution is 2.14. The smallest absolute Gasteiger partial charge is 0.260 e. The van der Waals surface area contributed by atoms with E-state index in [1.807, 2.05) is 48.2 Å². The van der Waals surface area contributed by atoms with Gasteiger partial charge in [-0.15, -0.1) is 0 Å². The minimum absolute atomic E-state index is 0.0210. The van der Waals surface area contributed by atoms with Crippen LogP contribution in [0.2, 0.25) is 0 Å². The lowest BCUT2D eigenvalue weighted by Crippen LogP contribution is -2.32. The minimum Gasteiger partial charge on any atom is -0.484 e. The zero-order chi connectivity index (χ0) is 21.6. The van der Waals surface area contributed by atoms with Gasteiger partial charge in [0.25, 0.3) is 11.8 Å². The molecular weight excluding hydrogens is 394 g/mol. The number of hydrogen-bond donors (Lipinski definition) is 1. The molecule has 1 aliphatic heterocycles. The average molecular weight is 419 g/mol. The van der Waals surface area contributed by atoms with Crippen LogP contribution in [-0.4, -0.2) is 51.7 Å². The van der Waals surface area contributed by atoms with Crippen LogP contribution < -0.4 is 10.2 Å². The summed E-state index contributed by atoms with van der Waals surface area (Å²) >= 11 is 0. The van der Waals surface area contributed by atoms with E-state index in [4.69, 9.17) is 4.74 Å². The van der Waals surface area contributed by atoms with Crippen LogP contribution >= 0.6 is 0 Å². The number of hydrogen-bond acceptors (Lipinski definition) is 5. The molecule has 0 bridgehead atoms. The van der Waals surface area contributed by atoms with Gasteiger partial charge >= 0.3 is 0 Å². The molecule has 8 heteroatoms. The molecule has 0 saturated carbocycles. The Bertz CT molecular complexity index is 1100. The first kappa shape index (κ1) is 20.6. The Morgan fingerprint density at radius 1 is 1.10 bits per heavy atom. The van der Waals surface area contributed by atoms with Crippen LogP contribution in [0, 0.1) is 0 Å². The van der Waals surface area contributed by atoms with Crippen LogP contribution in [-0.2, 0) is 16.1 Å². The van der Waals surface area contributed by atoms with Crippen LogP contribution in [0.25, 0.3) is 11.0 Å². The number of para-hydroxylation sites is 2. The summed E-state index contributed by atoms with van der Waals surface area (Å²) in [5.74, 6) is 0.413. The fourth-order valence-corrected chi connectivity index (χ4v) is 3.53. The highest BCUT2D eigenvalue weighted by atomic mass is 16.5. The topological polar surface area (TPSA) is 88.8 Å². The van der Waals surface area contributed by atoms with Gasteiger partial charge in [-0.25, -0.2) is 10.4 Å². The van der Waals surface area contributed by atoms with E-state index in [1.165, 1.54) is 0 Å². The molecule has 1 saturated heterocycles.